The molecule has 1 aliphatic rings. The van der Waals surface area contributed by atoms with E-state index in [-0.39, 0.29) is 24.0 Å². The Morgan fingerprint density at radius 3 is 2.79 bits per heavy atom. The average molecular weight is 195 g/mol. The molecule has 4 heteroatoms. The molecule has 4 nitrogen and oxygen atoms in total. The summed E-state index contributed by atoms with van der Waals surface area (Å²) in [6, 6.07) is 2.25. The van der Waals surface area contributed by atoms with Gasteiger partial charge >= 0.3 is 6.03 Å². The molecule has 0 radical (unpaired) electrons. The minimum Gasteiger partial charge on any atom is -0.336 e. The molecule has 2 atom stereocenters. The van der Waals surface area contributed by atoms with Crippen LogP contribution >= 0.6 is 0 Å². The number of carbonyl (C=O) groups is 1. The van der Waals surface area contributed by atoms with Gasteiger partial charge in [-0.15, -0.1) is 0 Å². The third-order valence-electron chi connectivity index (χ3n) is 2.42. The number of urea groups is 1. The molecule has 2 amide bonds. The lowest BCUT2D eigenvalue weighted by Crippen LogP contribution is -2.45. The minimum atomic E-state index is -0.160. The van der Waals surface area contributed by atoms with E-state index in [4.69, 9.17) is 5.26 Å². The number of rotatable bonds is 2. The number of nitrogens with zero attached hydrogens (tertiary/aromatic N) is 1. The zero-order chi connectivity index (χ0) is 10.6. The highest BCUT2D eigenvalue weighted by atomic mass is 16.2. The topological polar surface area (TPSA) is 64.9 Å². The van der Waals surface area contributed by atoms with Gasteiger partial charge in [-0.1, -0.05) is 0 Å². The van der Waals surface area contributed by atoms with Crippen LogP contribution in [0.2, 0.25) is 0 Å². The minimum absolute atomic E-state index is 0.00656. The van der Waals surface area contributed by atoms with Crippen LogP contribution in [0, 0.1) is 17.2 Å². The number of amides is 2. The van der Waals surface area contributed by atoms with Gasteiger partial charge in [0.1, 0.15) is 0 Å². The first-order valence-corrected chi connectivity index (χ1v) is 5.10. The molecule has 1 fully saturated rings. The van der Waals surface area contributed by atoms with Crippen LogP contribution in [0.25, 0.3) is 0 Å². The Labute approximate surface area is 84.7 Å². The molecule has 0 heterocycles. The first kappa shape index (κ1) is 10.8. The largest absolute Gasteiger partial charge is 0.336 e. The Hall–Kier alpha value is -1.24. The predicted molar refractivity (Wildman–Crippen MR) is 53.5 cm³/mol. The third kappa shape index (κ3) is 2.91. The van der Waals surface area contributed by atoms with Crippen LogP contribution in [-0.4, -0.2) is 18.1 Å². The summed E-state index contributed by atoms with van der Waals surface area (Å²) in [5, 5.41) is 14.4. The maximum absolute atomic E-state index is 11.3. The van der Waals surface area contributed by atoms with Crippen LogP contribution in [0.15, 0.2) is 0 Å². The molecule has 2 N–H and O–H groups in total. The van der Waals surface area contributed by atoms with E-state index >= 15 is 0 Å². The van der Waals surface area contributed by atoms with Gasteiger partial charge in [0, 0.05) is 12.1 Å². The fourth-order valence-corrected chi connectivity index (χ4v) is 1.76. The van der Waals surface area contributed by atoms with Gasteiger partial charge in [0.15, 0.2) is 0 Å². The van der Waals surface area contributed by atoms with Crippen LogP contribution < -0.4 is 10.6 Å². The van der Waals surface area contributed by atoms with E-state index in [0.717, 1.165) is 19.3 Å². The van der Waals surface area contributed by atoms with Crippen molar-refractivity contribution in [2.75, 3.05) is 0 Å². The molecule has 1 aliphatic carbocycles. The molecule has 1 saturated carbocycles. The number of hydrogen-bond acceptors (Lipinski definition) is 2. The van der Waals surface area contributed by atoms with E-state index in [1.54, 1.807) is 0 Å². The summed E-state index contributed by atoms with van der Waals surface area (Å²) in [6.45, 7) is 3.83. The van der Waals surface area contributed by atoms with Gasteiger partial charge in [0.2, 0.25) is 0 Å². The number of nitrogens with one attached hydrogen (secondary N) is 2. The number of nitriles is 1. The third-order valence-corrected chi connectivity index (χ3v) is 2.42. The highest BCUT2D eigenvalue weighted by Crippen LogP contribution is 2.24. The summed E-state index contributed by atoms with van der Waals surface area (Å²) < 4.78 is 0. The normalized spacial score (nSPS) is 25.9. The molecule has 0 aliphatic heterocycles. The van der Waals surface area contributed by atoms with Gasteiger partial charge in [-0.3, -0.25) is 0 Å². The zero-order valence-corrected chi connectivity index (χ0v) is 8.71. The molecular weight excluding hydrogens is 178 g/mol. The van der Waals surface area contributed by atoms with Crippen molar-refractivity contribution in [3.63, 3.8) is 0 Å². The fourth-order valence-electron chi connectivity index (χ4n) is 1.76. The molecule has 0 aromatic carbocycles. The highest BCUT2D eigenvalue weighted by Gasteiger charge is 2.28. The van der Waals surface area contributed by atoms with Gasteiger partial charge in [0.25, 0.3) is 0 Å². The van der Waals surface area contributed by atoms with Crippen LogP contribution in [0.3, 0.4) is 0 Å². The van der Waals surface area contributed by atoms with Crippen LogP contribution in [0.5, 0.6) is 0 Å². The van der Waals surface area contributed by atoms with E-state index in [9.17, 15) is 4.79 Å². The second-order valence-electron chi connectivity index (χ2n) is 4.05. The van der Waals surface area contributed by atoms with Crippen molar-refractivity contribution in [1.82, 2.24) is 10.6 Å². The molecule has 0 aromatic heterocycles. The Morgan fingerprint density at radius 1 is 1.50 bits per heavy atom. The van der Waals surface area contributed by atoms with Crippen molar-refractivity contribution in [3.8, 4) is 6.07 Å². The van der Waals surface area contributed by atoms with Gasteiger partial charge in [0.05, 0.1) is 12.0 Å². The number of carbonyl (C=O) groups excluding carboxylic acids is 1. The average Bonchev–Trinajstić information content (AvgIpc) is 2.50. The van der Waals surface area contributed by atoms with Crippen molar-refractivity contribution in [2.45, 2.75) is 45.2 Å². The first-order valence-electron chi connectivity index (χ1n) is 5.10. The monoisotopic (exact) mass is 195 g/mol. The van der Waals surface area contributed by atoms with Gasteiger partial charge in [-0.05, 0) is 33.1 Å². The van der Waals surface area contributed by atoms with E-state index in [2.05, 4.69) is 16.7 Å². The van der Waals surface area contributed by atoms with E-state index < -0.39 is 0 Å². The predicted octanol–water partition coefficient (Wildman–Crippen LogP) is 1.39. The van der Waals surface area contributed by atoms with Gasteiger partial charge in [-0.25, -0.2) is 4.79 Å². The fraction of sp³-hybridized carbons (Fsp3) is 0.800. The number of hydrogen-bond donors (Lipinski definition) is 2. The second-order valence-corrected chi connectivity index (χ2v) is 4.05. The van der Waals surface area contributed by atoms with Crippen molar-refractivity contribution in [1.29, 1.82) is 5.26 Å². The van der Waals surface area contributed by atoms with Crippen molar-refractivity contribution < 1.29 is 4.79 Å². The molecule has 14 heavy (non-hydrogen) atoms. The van der Waals surface area contributed by atoms with Crippen LogP contribution in [-0.2, 0) is 0 Å². The SMILES string of the molecule is CC(C)NC(=O)NC1CCCC1C#N. The van der Waals surface area contributed by atoms with Gasteiger partial charge < -0.3 is 10.6 Å². The maximum Gasteiger partial charge on any atom is 0.315 e. The van der Waals surface area contributed by atoms with Gasteiger partial charge in [-0.2, -0.15) is 5.26 Å². The Balaban J connectivity index is 2.37. The first-order chi connectivity index (χ1) is 6.63. The quantitative estimate of drug-likeness (QED) is 0.699. The molecule has 0 spiro atoms. The van der Waals surface area contributed by atoms with Crippen molar-refractivity contribution in [2.24, 2.45) is 5.92 Å². The van der Waals surface area contributed by atoms with E-state index in [0.29, 0.717) is 0 Å². The summed E-state index contributed by atoms with van der Waals surface area (Å²) in [6.07, 6.45) is 2.86. The summed E-state index contributed by atoms with van der Waals surface area (Å²) in [5.74, 6) is -0.00656. The highest BCUT2D eigenvalue weighted by molar-refractivity contribution is 5.74. The molecule has 0 bridgehead atoms. The second kappa shape index (κ2) is 4.85. The zero-order valence-electron chi connectivity index (χ0n) is 8.71. The molecule has 1 rings (SSSR count). The molecule has 0 aromatic rings. The standard InChI is InChI=1S/C10H17N3O/c1-7(2)12-10(14)13-9-5-3-4-8(9)6-11/h7-9H,3-5H2,1-2H3,(H2,12,13,14). The smallest absolute Gasteiger partial charge is 0.315 e. The summed E-state index contributed by atoms with van der Waals surface area (Å²) in [4.78, 5) is 11.3. The lowest BCUT2D eigenvalue weighted by molar-refractivity contribution is 0.233. The van der Waals surface area contributed by atoms with E-state index in [1.165, 1.54) is 0 Å². The summed E-state index contributed by atoms with van der Waals surface area (Å²) in [5.41, 5.74) is 0. The summed E-state index contributed by atoms with van der Waals surface area (Å²) >= 11 is 0. The van der Waals surface area contributed by atoms with E-state index in [1.807, 2.05) is 13.8 Å². The lowest BCUT2D eigenvalue weighted by Gasteiger charge is -2.17. The summed E-state index contributed by atoms with van der Waals surface area (Å²) in [7, 11) is 0. The van der Waals surface area contributed by atoms with Crippen LogP contribution in [0.4, 0.5) is 4.79 Å². The Morgan fingerprint density at radius 2 is 2.21 bits per heavy atom. The van der Waals surface area contributed by atoms with Crippen molar-refractivity contribution >= 4 is 6.03 Å². The Kier molecular flexibility index (Phi) is 3.75. The van der Waals surface area contributed by atoms with Crippen molar-refractivity contribution in [3.05, 3.63) is 0 Å². The Bertz CT molecular complexity index is 244. The lowest BCUT2D eigenvalue weighted by atomic mass is 10.1. The molecule has 78 valence electrons. The van der Waals surface area contributed by atoms with Crippen LogP contribution in [0.1, 0.15) is 33.1 Å². The molecular formula is C10H17N3O. The molecule has 0 saturated heterocycles. The molecule has 2 unspecified atom stereocenters. The maximum atomic E-state index is 11.3.